The molecule has 4 rings (SSSR count). The summed E-state index contributed by atoms with van der Waals surface area (Å²) in [7, 11) is -3.36. The average Bonchev–Trinajstić information content (AvgIpc) is 3.16. The second kappa shape index (κ2) is 9.64. The van der Waals surface area contributed by atoms with Gasteiger partial charge in [0.1, 0.15) is 11.9 Å². The van der Waals surface area contributed by atoms with E-state index in [-0.39, 0.29) is 26.7 Å². The third-order valence-corrected chi connectivity index (χ3v) is 7.38. The van der Waals surface area contributed by atoms with Crippen LogP contribution in [0.4, 0.5) is 9.93 Å². The molecule has 1 saturated heterocycles. The summed E-state index contributed by atoms with van der Waals surface area (Å²) < 4.78 is 30.0. The SMILES string of the molecule is CS(=O)(=O)c1ccc2nc(NC(=O)NC(=O)c3cc(OC4CCNCC4)ccc3Cl)sc2c1. The molecule has 0 bridgehead atoms. The van der Waals surface area contributed by atoms with Crippen LogP contribution < -0.4 is 20.7 Å². The van der Waals surface area contributed by atoms with Crippen LogP contribution in [-0.4, -0.2) is 50.8 Å². The van der Waals surface area contributed by atoms with Crippen molar-refractivity contribution in [1.29, 1.82) is 0 Å². The lowest BCUT2D eigenvalue weighted by atomic mass is 10.1. The van der Waals surface area contributed by atoms with Gasteiger partial charge in [0.15, 0.2) is 15.0 Å². The smallest absolute Gasteiger partial charge is 0.327 e. The summed E-state index contributed by atoms with van der Waals surface area (Å²) in [5, 5.41) is 8.39. The summed E-state index contributed by atoms with van der Waals surface area (Å²) in [6.45, 7) is 1.74. The molecular formula is C21H21ClN4O5S2. The van der Waals surface area contributed by atoms with Crippen molar-refractivity contribution in [3.05, 3.63) is 47.0 Å². The normalized spacial score (nSPS) is 14.7. The molecule has 1 aliphatic rings. The van der Waals surface area contributed by atoms with Gasteiger partial charge in [-0.25, -0.2) is 18.2 Å². The molecule has 3 N–H and O–H groups in total. The van der Waals surface area contributed by atoms with E-state index in [2.05, 4.69) is 20.9 Å². The number of ether oxygens (including phenoxy) is 1. The van der Waals surface area contributed by atoms with E-state index in [0.717, 1.165) is 43.5 Å². The molecule has 2 aromatic carbocycles. The number of nitrogens with zero attached hydrogens (tertiary/aromatic N) is 1. The van der Waals surface area contributed by atoms with Crippen molar-refractivity contribution >= 4 is 60.1 Å². The maximum atomic E-state index is 12.6. The lowest BCUT2D eigenvalue weighted by molar-refractivity contribution is 0.0966. The Morgan fingerprint density at radius 3 is 2.67 bits per heavy atom. The van der Waals surface area contributed by atoms with Crippen LogP contribution in [0.3, 0.4) is 0 Å². The zero-order valence-electron chi connectivity index (χ0n) is 17.6. The first-order valence-corrected chi connectivity index (χ1v) is 13.2. The van der Waals surface area contributed by atoms with Crippen LogP contribution >= 0.6 is 22.9 Å². The van der Waals surface area contributed by atoms with E-state index >= 15 is 0 Å². The highest BCUT2D eigenvalue weighted by Crippen LogP contribution is 2.28. The molecule has 1 fully saturated rings. The van der Waals surface area contributed by atoms with Crippen molar-refractivity contribution in [2.24, 2.45) is 0 Å². The predicted molar refractivity (Wildman–Crippen MR) is 127 cm³/mol. The highest BCUT2D eigenvalue weighted by Gasteiger charge is 2.19. The fraction of sp³-hybridized carbons (Fsp3) is 0.286. The van der Waals surface area contributed by atoms with E-state index in [4.69, 9.17) is 16.3 Å². The van der Waals surface area contributed by atoms with Gasteiger partial charge in [-0.2, -0.15) is 0 Å². The molecule has 0 radical (unpaired) electrons. The molecule has 0 atom stereocenters. The molecule has 174 valence electrons. The second-order valence-electron chi connectivity index (χ2n) is 7.54. The molecule has 0 spiro atoms. The molecule has 0 unspecified atom stereocenters. The Morgan fingerprint density at radius 2 is 1.94 bits per heavy atom. The number of rotatable bonds is 5. The number of amides is 3. The minimum Gasteiger partial charge on any atom is -0.490 e. The minimum absolute atomic E-state index is 0.0499. The summed E-state index contributed by atoms with van der Waals surface area (Å²) in [6, 6.07) is 8.46. The number of fused-ring (bicyclic) bond motifs is 1. The maximum Gasteiger partial charge on any atom is 0.327 e. The van der Waals surface area contributed by atoms with Crippen LogP contribution in [0.1, 0.15) is 23.2 Å². The van der Waals surface area contributed by atoms with Gasteiger partial charge in [-0.3, -0.25) is 15.4 Å². The molecule has 3 aromatic rings. The average molecular weight is 509 g/mol. The van der Waals surface area contributed by atoms with E-state index in [0.29, 0.717) is 16.0 Å². The number of piperidine rings is 1. The number of aromatic nitrogens is 1. The molecular weight excluding hydrogens is 488 g/mol. The molecule has 2 heterocycles. The van der Waals surface area contributed by atoms with Crippen LogP contribution in [0.2, 0.25) is 5.02 Å². The van der Waals surface area contributed by atoms with Crippen LogP contribution in [0, 0.1) is 0 Å². The van der Waals surface area contributed by atoms with Crippen LogP contribution in [0.15, 0.2) is 41.3 Å². The number of nitrogens with one attached hydrogen (secondary N) is 3. The zero-order chi connectivity index (χ0) is 23.6. The third-order valence-electron chi connectivity index (χ3n) is 5.01. The number of anilines is 1. The van der Waals surface area contributed by atoms with Crippen molar-refractivity contribution in [1.82, 2.24) is 15.6 Å². The molecule has 0 aliphatic carbocycles. The van der Waals surface area contributed by atoms with E-state index in [1.54, 1.807) is 18.2 Å². The quantitative estimate of drug-likeness (QED) is 0.481. The number of urea groups is 1. The summed E-state index contributed by atoms with van der Waals surface area (Å²) in [4.78, 5) is 29.4. The number of imide groups is 1. The van der Waals surface area contributed by atoms with Gasteiger partial charge in [-0.1, -0.05) is 22.9 Å². The van der Waals surface area contributed by atoms with Gasteiger partial charge in [0.2, 0.25) is 0 Å². The second-order valence-corrected chi connectivity index (χ2v) is 11.0. The van der Waals surface area contributed by atoms with Crippen molar-refractivity contribution in [2.45, 2.75) is 23.8 Å². The topological polar surface area (TPSA) is 126 Å². The molecule has 3 amide bonds. The number of thiazole rings is 1. The first-order valence-electron chi connectivity index (χ1n) is 10.1. The lowest BCUT2D eigenvalue weighted by Crippen LogP contribution is -2.35. The molecule has 33 heavy (non-hydrogen) atoms. The highest BCUT2D eigenvalue weighted by atomic mass is 35.5. The Labute approximate surface area is 199 Å². The van der Waals surface area contributed by atoms with Crippen molar-refractivity contribution in [3.63, 3.8) is 0 Å². The zero-order valence-corrected chi connectivity index (χ0v) is 19.9. The highest BCUT2D eigenvalue weighted by molar-refractivity contribution is 7.90. The molecule has 1 aromatic heterocycles. The maximum absolute atomic E-state index is 12.6. The number of hydrogen-bond acceptors (Lipinski definition) is 8. The number of halogens is 1. The predicted octanol–water partition coefficient (Wildman–Crippen LogP) is 3.45. The fourth-order valence-electron chi connectivity index (χ4n) is 3.35. The number of sulfone groups is 1. The van der Waals surface area contributed by atoms with Gasteiger partial charge in [-0.15, -0.1) is 0 Å². The first kappa shape index (κ1) is 23.4. The Bertz CT molecular complexity index is 1320. The van der Waals surface area contributed by atoms with Crippen LogP contribution in [-0.2, 0) is 9.84 Å². The Morgan fingerprint density at radius 1 is 1.18 bits per heavy atom. The van der Waals surface area contributed by atoms with E-state index in [1.165, 1.54) is 18.2 Å². The van der Waals surface area contributed by atoms with Gasteiger partial charge < -0.3 is 10.1 Å². The van der Waals surface area contributed by atoms with Gasteiger partial charge in [0.05, 0.1) is 25.7 Å². The van der Waals surface area contributed by atoms with Gasteiger partial charge in [0.25, 0.3) is 5.91 Å². The third kappa shape index (κ3) is 5.80. The lowest BCUT2D eigenvalue weighted by Gasteiger charge is -2.24. The monoisotopic (exact) mass is 508 g/mol. The van der Waals surface area contributed by atoms with Gasteiger partial charge in [0, 0.05) is 6.26 Å². The van der Waals surface area contributed by atoms with Crippen molar-refractivity contribution in [2.75, 3.05) is 24.7 Å². The largest absolute Gasteiger partial charge is 0.490 e. The van der Waals surface area contributed by atoms with Crippen LogP contribution in [0.25, 0.3) is 10.2 Å². The molecule has 12 heteroatoms. The molecule has 1 aliphatic heterocycles. The number of carbonyl (C=O) groups is 2. The first-order chi connectivity index (χ1) is 15.7. The molecule has 0 saturated carbocycles. The summed E-state index contributed by atoms with van der Waals surface area (Å²) >= 11 is 7.26. The number of benzene rings is 2. The number of carbonyl (C=O) groups excluding carboxylic acids is 2. The Kier molecular flexibility index (Phi) is 6.84. The van der Waals surface area contributed by atoms with E-state index in [1.807, 2.05) is 0 Å². The van der Waals surface area contributed by atoms with E-state index in [9.17, 15) is 18.0 Å². The minimum atomic E-state index is -3.36. The van der Waals surface area contributed by atoms with Crippen molar-refractivity contribution < 1.29 is 22.7 Å². The summed E-state index contributed by atoms with van der Waals surface area (Å²) in [5.41, 5.74) is 0.639. The summed E-state index contributed by atoms with van der Waals surface area (Å²) in [6.07, 6.45) is 2.89. The van der Waals surface area contributed by atoms with Crippen molar-refractivity contribution in [3.8, 4) is 5.75 Å². The molecule has 9 nitrogen and oxygen atoms in total. The fourth-order valence-corrected chi connectivity index (χ4v) is 5.17. The Hall–Kier alpha value is -2.73. The van der Waals surface area contributed by atoms with E-state index < -0.39 is 21.8 Å². The number of hydrogen-bond donors (Lipinski definition) is 3. The van der Waals surface area contributed by atoms with Crippen LogP contribution in [0.5, 0.6) is 5.75 Å². The standard InChI is InChI=1S/C21H21ClN4O5S2/c1-33(29,30)14-3-5-17-18(11-14)32-21(24-17)26-20(28)25-19(27)15-10-13(2-4-16(15)22)31-12-6-8-23-9-7-12/h2-5,10-12,23H,6-9H2,1H3,(H2,24,25,26,27,28). The van der Waals surface area contributed by atoms with Gasteiger partial charge in [-0.05, 0) is 62.3 Å². The summed E-state index contributed by atoms with van der Waals surface area (Å²) in [5.74, 6) is -0.182. The Balaban J connectivity index is 1.43. The van der Waals surface area contributed by atoms with Gasteiger partial charge >= 0.3 is 6.03 Å².